The molecule has 0 radical (unpaired) electrons. The zero-order chi connectivity index (χ0) is 20.0. The van der Waals surface area contributed by atoms with Crippen LogP contribution in [-0.4, -0.2) is 29.9 Å². The number of hydrogen-bond acceptors (Lipinski definition) is 4. The minimum absolute atomic E-state index is 0.231. The zero-order valence-electron chi connectivity index (χ0n) is 12.6. The molecule has 142 valence electrons. The highest BCUT2D eigenvalue weighted by molar-refractivity contribution is 9.10. The van der Waals surface area contributed by atoms with E-state index in [1.54, 1.807) is 6.07 Å². The van der Waals surface area contributed by atoms with Gasteiger partial charge in [-0.05, 0) is 34.1 Å². The molecule has 0 unspecified atom stereocenters. The summed E-state index contributed by atoms with van der Waals surface area (Å²) in [5.74, 6) is -0.847. The SMILES string of the molecule is FC(F)(F)Oc1ccccc1Br.OB(O)c1ccccc1OC(F)(F)F. The van der Waals surface area contributed by atoms with Crippen LogP contribution in [0.5, 0.6) is 11.5 Å². The van der Waals surface area contributed by atoms with Crippen molar-refractivity contribution in [2.75, 3.05) is 0 Å². The largest absolute Gasteiger partial charge is 0.573 e. The number of alkyl halides is 6. The van der Waals surface area contributed by atoms with Crippen LogP contribution in [-0.2, 0) is 0 Å². The molecule has 0 aliphatic heterocycles. The van der Waals surface area contributed by atoms with E-state index in [2.05, 4.69) is 25.4 Å². The van der Waals surface area contributed by atoms with E-state index in [0.717, 1.165) is 12.1 Å². The predicted molar refractivity (Wildman–Crippen MR) is 83.8 cm³/mol. The summed E-state index contributed by atoms with van der Waals surface area (Å²) in [7, 11) is -1.99. The van der Waals surface area contributed by atoms with E-state index in [4.69, 9.17) is 10.0 Å². The Bertz CT molecular complexity index is 708. The lowest BCUT2D eigenvalue weighted by molar-refractivity contribution is -0.275. The van der Waals surface area contributed by atoms with Crippen LogP contribution >= 0.6 is 15.9 Å². The Morgan fingerprint density at radius 1 is 0.731 bits per heavy atom. The number of para-hydroxylation sites is 2. The lowest BCUT2D eigenvalue weighted by atomic mass is 9.80. The van der Waals surface area contributed by atoms with E-state index >= 15 is 0 Å². The summed E-state index contributed by atoms with van der Waals surface area (Å²) in [6.45, 7) is 0. The van der Waals surface area contributed by atoms with E-state index in [9.17, 15) is 26.3 Å². The summed E-state index contributed by atoms with van der Waals surface area (Å²) in [6.07, 6.45) is -9.48. The third kappa shape index (κ3) is 8.45. The molecule has 26 heavy (non-hydrogen) atoms. The third-order valence-electron chi connectivity index (χ3n) is 2.49. The van der Waals surface area contributed by atoms with Gasteiger partial charge < -0.3 is 19.5 Å². The molecule has 0 spiro atoms. The molecule has 0 saturated heterocycles. The molecule has 4 nitrogen and oxygen atoms in total. The number of benzene rings is 2. The van der Waals surface area contributed by atoms with Gasteiger partial charge in [-0.15, -0.1) is 26.3 Å². The molecule has 0 bridgehead atoms. The minimum atomic E-state index is -4.84. The van der Waals surface area contributed by atoms with Crippen molar-refractivity contribution >= 4 is 28.5 Å². The van der Waals surface area contributed by atoms with Crippen molar-refractivity contribution in [1.29, 1.82) is 0 Å². The lowest BCUT2D eigenvalue weighted by Crippen LogP contribution is -2.33. The van der Waals surface area contributed by atoms with Crippen molar-refractivity contribution in [2.24, 2.45) is 0 Å². The van der Waals surface area contributed by atoms with Crippen LogP contribution in [0.1, 0.15) is 0 Å². The molecule has 0 aliphatic carbocycles. The van der Waals surface area contributed by atoms with Crippen molar-refractivity contribution in [3.05, 3.63) is 53.0 Å². The van der Waals surface area contributed by atoms with Crippen LogP contribution in [0.2, 0.25) is 0 Å². The van der Waals surface area contributed by atoms with Crippen LogP contribution in [0.4, 0.5) is 26.3 Å². The second-order valence-electron chi connectivity index (χ2n) is 4.44. The molecule has 2 rings (SSSR count). The minimum Gasteiger partial charge on any atom is -0.423 e. The molecule has 0 aliphatic rings. The van der Waals surface area contributed by atoms with Gasteiger partial charge in [-0.1, -0.05) is 30.3 Å². The molecule has 0 saturated carbocycles. The Kier molecular flexibility index (Phi) is 7.78. The average molecular weight is 447 g/mol. The number of halogens is 7. The first kappa shape index (κ1) is 22.1. The highest BCUT2D eigenvalue weighted by atomic mass is 79.9. The Labute approximate surface area is 152 Å². The Morgan fingerprint density at radius 2 is 1.15 bits per heavy atom. The molecule has 0 aromatic heterocycles. The van der Waals surface area contributed by atoms with Crippen molar-refractivity contribution in [2.45, 2.75) is 12.7 Å². The van der Waals surface area contributed by atoms with Gasteiger partial charge in [0, 0.05) is 5.46 Å². The molecule has 0 heterocycles. The average Bonchev–Trinajstić information content (AvgIpc) is 2.48. The predicted octanol–water partition coefficient (Wildman–Crippen LogP) is 3.61. The van der Waals surface area contributed by atoms with Gasteiger partial charge in [-0.3, -0.25) is 0 Å². The van der Waals surface area contributed by atoms with E-state index in [-0.39, 0.29) is 15.7 Å². The third-order valence-corrected chi connectivity index (χ3v) is 3.14. The second-order valence-corrected chi connectivity index (χ2v) is 5.29. The molecule has 2 aromatic rings. The lowest BCUT2D eigenvalue weighted by Gasteiger charge is -2.12. The molecule has 2 N–H and O–H groups in total. The maximum atomic E-state index is 11.8. The van der Waals surface area contributed by atoms with E-state index in [0.29, 0.717) is 0 Å². The van der Waals surface area contributed by atoms with Crippen LogP contribution in [0.25, 0.3) is 0 Å². The van der Waals surface area contributed by atoms with Crippen molar-refractivity contribution in [3.63, 3.8) is 0 Å². The smallest absolute Gasteiger partial charge is 0.423 e. The summed E-state index contributed by atoms with van der Waals surface area (Å²) < 4.78 is 78.0. The topological polar surface area (TPSA) is 58.9 Å². The monoisotopic (exact) mass is 446 g/mol. The number of ether oxygens (including phenoxy) is 2. The standard InChI is InChI=1S/C7H6BF3O3.C7H4BrF3O/c9-7(10,11)14-6-4-2-1-3-5(6)8(12)13;8-5-3-1-2-4-6(5)12-7(9,10)11/h1-4,12-13H;1-4H. The quantitative estimate of drug-likeness (QED) is 0.558. The number of rotatable bonds is 3. The van der Waals surface area contributed by atoms with Crippen LogP contribution in [0.3, 0.4) is 0 Å². The maximum absolute atomic E-state index is 11.8. The summed E-state index contributed by atoms with van der Waals surface area (Å²) in [4.78, 5) is 0. The fraction of sp³-hybridized carbons (Fsp3) is 0.143. The van der Waals surface area contributed by atoms with Gasteiger partial charge in [-0.2, -0.15) is 0 Å². The van der Waals surface area contributed by atoms with Crippen molar-refractivity contribution < 1.29 is 45.9 Å². The zero-order valence-corrected chi connectivity index (χ0v) is 14.1. The van der Waals surface area contributed by atoms with E-state index in [1.807, 2.05) is 0 Å². The first-order valence-corrected chi connectivity index (χ1v) is 7.39. The highest BCUT2D eigenvalue weighted by Crippen LogP contribution is 2.29. The molecule has 0 atom stereocenters. The van der Waals surface area contributed by atoms with Gasteiger partial charge in [0.25, 0.3) is 0 Å². The van der Waals surface area contributed by atoms with Gasteiger partial charge in [0.05, 0.1) is 4.47 Å². The molecule has 0 amide bonds. The summed E-state index contributed by atoms with van der Waals surface area (Å²) in [5.41, 5.74) is -0.329. The van der Waals surface area contributed by atoms with Crippen molar-refractivity contribution in [1.82, 2.24) is 0 Å². The first-order valence-electron chi connectivity index (χ1n) is 6.60. The Balaban J connectivity index is 0.000000263. The maximum Gasteiger partial charge on any atom is 0.573 e. The van der Waals surface area contributed by atoms with Crippen LogP contribution in [0.15, 0.2) is 53.0 Å². The second kappa shape index (κ2) is 9.15. The molecule has 0 fully saturated rings. The van der Waals surface area contributed by atoms with Crippen molar-refractivity contribution in [3.8, 4) is 11.5 Å². The fourth-order valence-corrected chi connectivity index (χ4v) is 1.93. The van der Waals surface area contributed by atoms with E-state index < -0.39 is 25.6 Å². The van der Waals surface area contributed by atoms with E-state index in [1.165, 1.54) is 30.3 Å². The van der Waals surface area contributed by atoms with Gasteiger partial charge >= 0.3 is 19.8 Å². The Morgan fingerprint density at radius 3 is 1.62 bits per heavy atom. The fourth-order valence-electron chi connectivity index (χ4n) is 1.56. The molecule has 2 aromatic carbocycles. The van der Waals surface area contributed by atoms with Gasteiger partial charge in [0.2, 0.25) is 0 Å². The van der Waals surface area contributed by atoms with Gasteiger partial charge in [0.15, 0.2) is 0 Å². The first-order chi connectivity index (χ1) is 11.9. The van der Waals surface area contributed by atoms with Gasteiger partial charge in [-0.25, -0.2) is 0 Å². The summed E-state index contributed by atoms with van der Waals surface area (Å²) >= 11 is 2.92. The van der Waals surface area contributed by atoms with Crippen LogP contribution in [0, 0.1) is 0 Å². The van der Waals surface area contributed by atoms with Gasteiger partial charge in [0.1, 0.15) is 11.5 Å². The summed E-state index contributed by atoms with van der Waals surface area (Å²) in [6, 6.07) is 10.6. The van der Waals surface area contributed by atoms with Crippen LogP contribution < -0.4 is 14.9 Å². The highest BCUT2D eigenvalue weighted by Gasteiger charge is 2.33. The normalized spacial score (nSPS) is 11.3. The number of hydrogen-bond donors (Lipinski definition) is 2. The summed E-state index contributed by atoms with van der Waals surface area (Å²) in [5, 5.41) is 17.4. The Hall–Kier alpha value is -1.92. The molecule has 12 heteroatoms. The molecular weight excluding hydrogens is 437 g/mol. The molecular formula is C14H10BBrF6O4.